The number of aryl methyl sites for hydroxylation is 1. The van der Waals surface area contributed by atoms with E-state index in [4.69, 9.17) is 13.7 Å². The highest BCUT2D eigenvalue weighted by molar-refractivity contribution is 7.86. The summed E-state index contributed by atoms with van der Waals surface area (Å²) in [5.41, 5.74) is 1.00. The van der Waals surface area contributed by atoms with Gasteiger partial charge >= 0.3 is 0 Å². The highest BCUT2D eigenvalue weighted by atomic mass is 32.2. The van der Waals surface area contributed by atoms with Crippen LogP contribution in [-0.2, 0) is 23.8 Å². The normalized spacial score (nSPS) is 20.3. The lowest BCUT2D eigenvalue weighted by atomic mass is 10.0. The fourth-order valence-electron chi connectivity index (χ4n) is 3.04. The standard InChI is InChI=1S/C21H34O5S/c1-4-17(2)9-5-6-11-21(25-20-10-7-8-16-24-20)26-27(22,23)19-14-12-18(3)13-15-19/h12-15,17,20-21H,4-11,16H2,1-3H3. The first kappa shape index (κ1) is 22.3. The van der Waals surface area contributed by atoms with Crippen molar-refractivity contribution in [3.63, 3.8) is 0 Å². The van der Waals surface area contributed by atoms with E-state index in [-0.39, 0.29) is 11.2 Å². The summed E-state index contributed by atoms with van der Waals surface area (Å²) in [7, 11) is -3.87. The second-order valence-corrected chi connectivity index (χ2v) is 9.10. The molecule has 3 unspecified atom stereocenters. The number of rotatable bonds is 11. The lowest BCUT2D eigenvalue weighted by Crippen LogP contribution is -2.31. The third-order valence-electron chi connectivity index (χ3n) is 5.07. The lowest BCUT2D eigenvalue weighted by molar-refractivity contribution is -0.232. The number of ether oxygens (including phenoxy) is 2. The van der Waals surface area contributed by atoms with Crippen molar-refractivity contribution in [3.8, 4) is 0 Å². The molecule has 0 amide bonds. The van der Waals surface area contributed by atoms with Gasteiger partial charge in [-0.1, -0.05) is 50.8 Å². The molecule has 1 saturated heterocycles. The minimum absolute atomic E-state index is 0.158. The molecule has 0 aliphatic carbocycles. The minimum atomic E-state index is -3.87. The molecule has 0 spiro atoms. The average Bonchev–Trinajstić information content (AvgIpc) is 2.65. The van der Waals surface area contributed by atoms with Crippen molar-refractivity contribution < 1.29 is 22.1 Å². The molecular weight excluding hydrogens is 364 g/mol. The van der Waals surface area contributed by atoms with Crippen LogP contribution in [0, 0.1) is 12.8 Å². The molecule has 27 heavy (non-hydrogen) atoms. The van der Waals surface area contributed by atoms with Crippen LogP contribution in [-0.4, -0.2) is 27.6 Å². The van der Waals surface area contributed by atoms with Gasteiger partial charge in [0.25, 0.3) is 10.1 Å². The Morgan fingerprint density at radius 3 is 2.48 bits per heavy atom. The average molecular weight is 399 g/mol. The van der Waals surface area contributed by atoms with E-state index in [0.29, 0.717) is 18.9 Å². The molecule has 1 aromatic rings. The molecule has 2 rings (SSSR count). The maximum atomic E-state index is 12.6. The molecular formula is C21H34O5S. The Hall–Kier alpha value is -0.950. The van der Waals surface area contributed by atoms with Crippen molar-refractivity contribution in [1.82, 2.24) is 0 Å². The van der Waals surface area contributed by atoms with E-state index in [9.17, 15) is 8.42 Å². The van der Waals surface area contributed by atoms with Gasteiger partial charge in [-0.05, 0) is 57.1 Å². The van der Waals surface area contributed by atoms with Crippen LogP contribution in [0.2, 0.25) is 0 Å². The Morgan fingerprint density at radius 1 is 1.15 bits per heavy atom. The summed E-state index contributed by atoms with van der Waals surface area (Å²) in [6.45, 7) is 6.99. The van der Waals surface area contributed by atoms with Crippen LogP contribution in [0.15, 0.2) is 29.2 Å². The zero-order valence-corrected chi connectivity index (χ0v) is 17.7. The molecule has 0 saturated carbocycles. The Balaban J connectivity index is 1.97. The first-order valence-electron chi connectivity index (χ1n) is 10.2. The SMILES string of the molecule is CCC(C)CCCCC(OC1CCCCO1)OS(=O)(=O)c1ccc(C)cc1. The molecule has 1 aromatic carbocycles. The predicted molar refractivity (Wildman–Crippen MR) is 106 cm³/mol. The third kappa shape index (κ3) is 7.90. The summed E-state index contributed by atoms with van der Waals surface area (Å²) in [5.74, 6) is 0.684. The maximum absolute atomic E-state index is 12.6. The van der Waals surface area contributed by atoms with Gasteiger partial charge in [-0.15, -0.1) is 0 Å². The molecule has 0 radical (unpaired) electrons. The van der Waals surface area contributed by atoms with E-state index >= 15 is 0 Å². The van der Waals surface area contributed by atoms with Gasteiger partial charge < -0.3 is 9.47 Å². The lowest BCUT2D eigenvalue weighted by Gasteiger charge is -2.27. The van der Waals surface area contributed by atoms with E-state index in [2.05, 4.69) is 13.8 Å². The Morgan fingerprint density at radius 2 is 1.85 bits per heavy atom. The molecule has 154 valence electrons. The van der Waals surface area contributed by atoms with Crippen LogP contribution >= 0.6 is 0 Å². The van der Waals surface area contributed by atoms with Crippen LogP contribution < -0.4 is 0 Å². The molecule has 0 bridgehead atoms. The van der Waals surface area contributed by atoms with Gasteiger partial charge in [0, 0.05) is 6.61 Å². The van der Waals surface area contributed by atoms with Crippen LogP contribution in [0.3, 0.4) is 0 Å². The van der Waals surface area contributed by atoms with Crippen molar-refractivity contribution in [2.45, 2.75) is 89.6 Å². The fourth-order valence-corrected chi connectivity index (χ4v) is 4.04. The Kier molecular flexibility index (Phi) is 9.22. The second-order valence-electron chi connectivity index (χ2n) is 7.52. The first-order valence-corrected chi connectivity index (χ1v) is 11.6. The van der Waals surface area contributed by atoms with Gasteiger partial charge in [-0.3, -0.25) is 0 Å². The molecule has 1 aliphatic heterocycles. The van der Waals surface area contributed by atoms with Crippen molar-refractivity contribution in [3.05, 3.63) is 29.8 Å². The van der Waals surface area contributed by atoms with Gasteiger partial charge in [-0.2, -0.15) is 8.42 Å². The van der Waals surface area contributed by atoms with E-state index in [1.165, 1.54) is 0 Å². The van der Waals surface area contributed by atoms with E-state index in [1.54, 1.807) is 24.3 Å². The van der Waals surface area contributed by atoms with Gasteiger partial charge in [0.15, 0.2) is 12.6 Å². The maximum Gasteiger partial charge on any atom is 0.299 e. The van der Waals surface area contributed by atoms with Crippen LogP contribution in [0.4, 0.5) is 0 Å². The zero-order valence-electron chi connectivity index (χ0n) is 16.9. The van der Waals surface area contributed by atoms with E-state index in [0.717, 1.165) is 50.5 Å². The quantitative estimate of drug-likeness (QED) is 0.292. The Labute approximate surface area is 164 Å². The van der Waals surface area contributed by atoms with Gasteiger partial charge in [-0.25, -0.2) is 4.18 Å². The van der Waals surface area contributed by atoms with Gasteiger partial charge in [0.05, 0.1) is 4.90 Å². The van der Waals surface area contributed by atoms with Crippen molar-refractivity contribution in [2.24, 2.45) is 5.92 Å². The van der Waals surface area contributed by atoms with E-state index in [1.807, 2.05) is 6.92 Å². The van der Waals surface area contributed by atoms with Gasteiger partial charge in [0.2, 0.25) is 0 Å². The number of hydrogen-bond acceptors (Lipinski definition) is 5. The first-order chi connectivity index (χ1) is 12.9. The summed E-state index contributed by atoms with van der Waals surface area (Å²) < 4.78 is 42.2. The molecule has 6 heteroatoms. The molecule has 5 nitrogen and oxygen atoms in total. The summed E-state index contributed by atoms with van der Waals surface area (Å²) in [4.78, 5) is 0.158. The summed E-state index contributed by atoms with van der Waals surface area (Å²) in [5, 5.41) is 0. The Bertz CT molecular complexity index is 635. The topological polar surface area (TPSA) is 61.8 Å². The monoisotopic (exact) mass is 398 g/mol. The number of benzene rings is 1. The summed E-state index contributed by atoms with van der Waals surface area (Å²) in [6, 6.07) is 6.68. The third-order valence-corrected chi connectivity index (χ3v) is 6.39. The number of unbranched alkanes of at least 4 members (excludes halogenated alkanes) is 1. The largest absolute Gasteiger partial charge is 0.353 e. The molecule has 0 aromatic heterocycles. The molecule has 1 fully saturated rings. The smallest absolute Gasteiger partial charge is 0.299 e. The highest BCUT2D eigenvalue weighted by Crippen LogP contribution is 2.23. The predicted octanol–water partition coefficient (Wildman–Crippen LogP) is 5.18. The fraction of sp³-hybridized carbons (Fsp3) is 0.714. The molecule has 1 heterocycles. The molecule has 1 aliphatic rings. The van der Waals surface area contributed by atoms with Crippen LogP contribution in [0.1, 0.15) is 70.8 Å². The van der Waals surface area contributed by atoms with E-state index < -0.39 is 16.4 Å². The number of hydrogen-bond donors (Lipinski definition) is 0. The molecule has 0 N–H and O–H groups in total. The second kappa shape index (κ2) is 11.1. The van der Waals surface area contributed by atoms with Crippen LogP contribution in [0.5, 0.6) is 0 Å². The van der Waals surface area contributed by atoms with Crippen LogP contribution in [0.25, 0.3) is 0 Å². The summed E-state index contributed by atoms with van der Waals surface area (Å²) >= 11 is 0. The van der Waals surface area contributed by atoms with Gasteiger partial charge in [0.1, 0.15) is 0 Å². The minimum Gasteiger partial charge on any atom is -0.353 e. The van der Waals surface area contributed by atoms with Crippen molar-refractivity contribution >= 4 is 10.1 Å². The molecule has 3 atom stereocenters. The van der Waals surface area contributed by atoms with Crippen molar-refractivity contribution in [2.75, 3.05) is 6.61 Å². The highest BCUT2D eigenvalue weighted by Gasteiger charge is 2.26. The van der Waals surface area contributed by atoms with Crippen molar-refractivity contribution in [1.29, 1.82) is 0 Å². The summed E-state index contributed by atoms with van der Waals surface area (Å²) in [6.07, 6.45) is 6.36. The zero-order chi connectivity index (χ0) is 19.7.